The van der Waals surface area contributed by atoms with Crippen LogP contribution in [-0.2, 0) is 37.3 Å². The summed E-state index contributed by atoms with van der Waals surface area (Å²) in [7, 11) is 0. The summed E-state index contributed by atoms with van der Waals surface area (Å²) in [4.78, 5) is 4.89. The molecule has 72 heavy (non-hydrogen) atoms. The maximum Gasteiger partial charge on any atom is 0.268 e. The summed E-state index contributed by atoms with van der Waals surface area (Å²) in [6, 6.07) is 72.2. The molecule has 3 aromatic heterocycles. The van der Waals surface area contributed by atoms with Crippen molar-refractivity contribution in [1.29, 1.82) is 0 Å². The molecule has 0 amide bonds. The van der Waals surface area contributed by atoms with Crippen molar-refractivity contribution in [2.45, 2.75) is 78.6 Å². The Morgan fingerprint density at radius 1 is 0.486 bits per heavy atom. The zero-order valence-electron chi connectivity index (χ0n) is 42.4. The first-order valence-corrected chi connectivity index (χ1v) is 24.6. The predicted octanol–water partition coefficient (Wildman–Crippen LogP) is 16.5. The maximum atomic E-state index is 6.77. The van der Waals surface area contributed by atoms with E-state index in [1.165, 1.54) is 33.4 Å². The molecule has 3 heterocycles. The summed E-state index contributed by atoms with van der Waals surface area (Å²) in [6.07, 6.45) is 5.75. The third kappa shape index (κ3) is 9.12. The van der Waals surface area contributed by atoms with Gasteiger partial charge in [-0.25, -0.2) is 4.98 Å². The first-order valence-electron chi connectivity index (χ1n) is 24.6. The van der Waals surface area contributed by atoms with Crippen molar-refractivity contribution >= 4 is 32.8 Å². The molecule has 0 fully saturated rings. The number of imidazole rings is 1. The van der Waals surface area contributed by atoms with Crippen LogP contribution in [0.2, 0.25) is 0 Å². The molecule has 0 bridgehead atoms. The fourth-order valence-electron chi connectivity index (χ4n) is 9.75. The predicted molar refractivity (Wildman–Crippen MR) is 292 cm³/mol. The molecule has 6 heteroatoms. The van der Waals surface area contributed by atoms with E-state index in [0.29, 0.717) is 11.5 Å². The number of hydrogen-bond acceptors (Lipinski definition) is 2. The summed E-state index contributed by atoms with van der Waals surface area (Å²) in [6.45, 7) is 20.4. The van der Waals surface area contributed by atoms with Crippen LogP contribution in [0.3, 0.4) is 0 Å². The molecule has 360 valence electrons. The quantitative estimate of drug-likeness (QED) is 0.112. The third-order valence-corrected chi connectivity index (χ3v) is 13.7. The van der Waals surface area contributed by atoms with Crippen LogP contribution in [0.4, 0.5) is 0 Å². The van der Waals surface area contributed by atoms with Gasteiger partial charge in [-0.2, -0.15) is 18.2 Å². The number of hydrogen-bond donors (Lipinski definition) is 0. The second-order valence-corrected chi connectivity index (χ2v) is 21.8. The molecule has 0 atom stereocenters. The molecule has 0 radical (unpaired) electrons. The van der Waals surface area contributed by atoms with Gasteiger partial charge in [0, 0.05) is 44.3 Å². The Morgan fingerprint density at radius 3 is 1.75 bits per heavy atom. The minimum absolute atomic E-state index is 0. The zero-order valence-corrected chi connectivity index (χ0v) is 44.7. The molecule has 8 aromatic carbocycles. The van der Waals surface area contributed by atoms with E-state index < -0.39 is 0 Å². The number of aromatic nitrogens is 4. The molecule has 0 spiro atoms. The number of para-hydroxylation sites is 1. The molecule has 11 aromatic rings. The van der Waals surface area contributed by atoms with E-state index >= 15 is 0 Å². The van der Waals surface area contributed by atoms with Crippen LogP contribution in [-0.4, -0.2) is 14.1 Å². The maximum absolute atomic E-state index is 6.77. The number of benzene rings is 8. The van der Waals surface area contributed by atoms with Gasteiger partial charge in [-0.3, -0.25) is 4.57 Å². The normalized spacial score (nSPS) is 12.1. The van der Waals surface area contributed by atoms with E-state index in [-0.39, 0.29) is 37.3 Å². The van der Waals surface area contributed by atoms with Gasteiger partial charge in [-0.05, 0) is 114 Å². The topological polar surface area (TPSA) is 35.9 Å². The van der Waals surface area contributed by atoms with Crippen molar-refractivity contribution < 1.29 is 30.4 Å². The Bertz CT molecular complexity index is 3700. The number of nitrogens with zero attached hydrogens (tertiary/aromatic N) is 4. The van der Waals surface area contributed by atoms with Gasteiger partial charge in [0.05, 0.1) is 16.7 Å². The average molecular weight is 1120 g/mol. The van der Waals surface area contributed by atoms with E-state index in [4.69, 9.17) is 9.72 Å². The van der Waals surface area contributed by atoms with Gasteiger partial charge in [0.15, 0.2) is 0 Å². The van der Waals surface area contributed by atoms with Gasteiger partial charge >= 0.3 is 0 Å². The standard InChI is InChI=1S/C66H58N4O.Pt/c1-64(2,3)47-34-35-67-62(40-47)70-58-29-17-16-26-56(58)57-32-31-53(42-60(57)70)71-52-25-18-24-50(41-52)68-43-69(51-38-48(65(4,5)6)37-49(39-51)66(7,8)9)59-33-30-46(36-61(59)68)63-54(44-20-12-10-13-21-44)27-19-28-55(63)45-22-14-11-15-23-45;/h10-40H,1-9H3;/q-2;. The van der Waals surface area contributed by atoms with Crippen molar-refractivity contribution in [2.75, 3.05) is 0 Å². The molecular formula is C66H58N4OPt-2. The van der Waals surface area contributed by atoms with E-state index in [1.54, 1.807) is 0 Å². The Morgan fingerprint density at radius 2 is 1.10 bits per heavy atom. The van der Waals surface area contributed by atoms with Crippen LogP contribution >= 0.6 is 0 Å². The largest absolute Gasteiger partial charge is 0.510 e. The molecule has 5 nitrogen and oxygen atoms in total. The molecule has 0 unspecified atom stereocenters. The fraction of sp³-hybridized carbons (Fsp3) is 0.182. The minimum Gasteiger partial charge on any atom is -0.510 e. The zero-order chi connectivity index (χ0) is 49.2. The smallest absolute Gasteiger partial charge is 0.268 e. The number of ether oxygens (including phenoxy) is 1. The van der Waals surface area contributed by atoms with Gasteiger partial charge in [0.1, 0.15) is 5.82 Å². The van der Waals surface area contributed by atoms with Gasteiger partial charge in [-0.1, -0.05) is 183 Å². The van der Waals surface area contributed by atoms with Crippen molar-refractivity contribution in [3.05, 3.63) is 223 Å². The van der Waals surface area contributed by atoms with Gasteiger partial charge < -0.3 is 13.9 Å². The second-order valence-electron chi connectivity index (χ2n) is 21.8. The van der Waals surface area contributed by atoms with Gasteiger partial charge in [0.25, 0.3) is 6.33 Å². The van der Waals surface area contributed by atoms with Crippen LogP contribution in [0.5, 0.6) is 11.5 Å². The van der Waals surface area contributed by atoms with Crippen molar-refractivity contribution in [1.82, 2.24) is 14.1 Å². The van der Waals surface area contributed by atoms with Crippen LogP contribution in [0.25, 0.3) is 83.4 Å². The van der Waals surface area contributed by atoms with E-state index in [0.717, 1.165) is 66.7 Å². The molecular weight excluding hydrogens is 1060 g/mol. The van der Waals surface area contributed by atoms with Crippen molar-refractivity contribution in [3.63, 3.8) is 0 Å². The number of rotatable bonds is 8. The molecule has 0 saturated carbocycles. The molecule has 0 saturated heterocycles. The van der Waals surface area contributed by atoms with Gasteiger partial charge in [0.2, 0.25) is 0 Å². The minimum atomic E-state index is -0.0715. The Labute approximate surface area is 438 Å². The summed E-state index contributed by atoms with van der Waals surface area (Å²) in [5.41, 5.74) is 16.3. The summed E-state index contributed by atoms with van der Waals surface area (Å²) < 4.78 is 13.3. The SMILES string of the molecule is CC(C)(C)c1cc(-[n+]2[c-]n(-c3[c-]c(Oc4[c-]c5c(cc4)c4ccccc4n5-c4cc(C(C)(C)C)ccn4)ccc3)c3cc(-c4c(-c5ccccc5)cccc4-c4ccccc4)ccc32)cc(C(C)(C)C)c1.[Pt]. The van der Waals surface area contributed by atoms with Crippen LogP contribution in [0, 0.1) is 18.5 Å². The molecule has 11 rings (SSSR count). The fourth-order valence-corrected chi connectivity index (χ4v) is 9.75. The first kappa shape index (κ1) is 48.3. The van der Waals surface area contributed by atoms with Crippen molar-refractivity contribution in [3.8, 4) is 62.1 Å². The van der Waals surface area contributed by atoms with E-state index in [9.17, 15) is 0 Å². The molecule has 0 aliphatic rings. The van der Waals surface area contributed by atoms with Crippen LogP contribution in [0.1, 0.15) is 79.0 Å². The summed E-state index contributed by atoms with van der Waals surface area (Å²) >= 11 is 0. The Hall–Kier alpha value is -7.33. The first-order chi connectivity index (χ1) is 34.1. The average Bonchev–Trinajstić information content (AvgIpc) is 3.91. The monoisotopic (exact) mass is 1120 g/mol. The van der Waals surface area contributed by atoms with Crippen LogP contribution < -0.4 is 9.30 Å². The third-order valence-electron chi connectivity index (χ3n) is 13.7. The molecule has 0 aliphatic heterocycles. The Balaban J connectivity index is 0.00000596. The molecule has 0 N–H and O–H groups in total. The van der Waals surface area contributed by atoms with Gasteiger partial charge in [-0.15, -0.1) is 29.7 Å². The summed E-state index contributed by atoms with van der Waals surface area (Å²) in [5.74, 6) is 2.00. The summed E-state index contributed by atoms with van der Waals surface area (Å²) in [5, 5.41) is 2.21. The number of fused-ring (bicyclic) bond motifs is 4. The Kier molecular flexibility index (Phi) is 12.5. The van der Waals surface area contributed by atoms with E-state index in [1.807, 2.05) is 24.4 Å². The van der Waals surface area contributed by atoms with Crippen molar-refractivity contribution in [2.24, 2.45) is 0 Å². The molecule has 0 aliphatic carbocycles. The number of pyridine rings is 1. The van der Waals surface area contributed by atoms with E-state index in [2.05, 4.69) is 258 Å². The van der Waals surface area contributed by atoms with Crippen LogP contribution in [0.15, 0.2) is 188 Å². The second kappa shape index (κ2) is 18.7.